The van der Waals surface area contributed by atoms with Crippen LogP contribution in [0.3, 0.4) is 0 Å². The van der Waals surface area contributed by atoms with Crippen LogP contribution < -0.4 is 17.6 Å². The average Bonchev–Trinajstić information content (AvgIpc) is 3.56. The number of hydrogen-bond donors (Lipinski definition) is 0. The molecule has 1 aliphatic rings. The van der Waals surface area contributed by atoms with Gasteiger partial charge in [-0.05, 0) is 0 Å². The Hall–Kier alpha value is -0.496. The zero-order valence-electron chi connectivity index (χ0n) is 38.1. The fourth-order valence-corrected chi connectivity index (χ4v) is 65.0. The molecule has 0 N–H and O–H groups in total. The number of hydrogen-bond acceptors (Lipinski definition) is 0. The van der Waals surface area contributed by atoms with Crippen molar-refractivity contribution >= 4 is 79.3 Å². The number of fused-ring (bicyclic) bond motifs is 1. The monoisotopic (exact) mass is 862 g/mol. The second-order valence-corrected chi connectivity index (χ2v) is 65.1. The van der Waals surface area contributed by atoms with Gasteiger partial charge in [0.25, 0.3) is 0 Å². The summed E-state index contributed by atoms with van der Waals surface area (Å²) in [6.45, 7) is 58.8. The van der Waals surface area contributed by atoms with Gasteiger partial charge in [-0.3, -0.25) is 0 Å². The van der Waals surface area contributed by atoms with Crippen LogP contribution in [0.5, 0.6) is 0 Å². The molecule has 0 radical (unpaired) electrons. The van der Waals surface area contributed by atoms with Gasteiger partial charge in [0, 0.05) is 0 Å². The molecule has 1 aliphatic heterocycles. The predicted molar refractivity (Wildman–Crippen MR) is 260 cm³/mol. The molecule has 0 saturated carbocycles. The van der Waals surface area contributed by atoms with Crippen LogP contribution in [0.2, 0.25) is 118 Å². The van der Waals surface area contributed by atoms with E-state index in [2.05, 4.69) is 200 Å². The second kappa shape index (κ2) is 14.5. The van der Waals surface area contributed by atoms with E-state index in [-0.39, 0.29) is 0 Å². The van der Waals surface area contributed by atoms with E-state index in [0.717, 1.165) is 5.16 Å². The summed E-state index contributed by atoms with van der Waals surface area (Å²) in [6, 6.07) is 23.4. The third-order valence-electron chi connectivity index (χ3n) is 12.2. The maximum atomic E-state index is 2.98. The Balaban J connectivity index is 2.50. The number of rotatable bonds is 13. The van der Waals surface area contributed by atoms with Gasteiger partial charge in [0.15, 0.2) is 0 Å². The zero-order valence-corrected chi connectivity index (χ0v) is 46.2. The van der Waals surface area contributed by atoms with Gasteiger partial charge in [-0.2, -0.15) is 0 Å². The van der Waals surface area contributed by atoms with Crippen LogP contribution in [0, 0.1) is 0 Å². The molecule has 0 fully saturated rings. The maximum absolute atomic E-state index is 3.34. The molecule has 288 valence electrons. The Morgan fingerprint density at radius 1 is 0.365 bits per heavy atom. The predicted octanol–water partition coefficient (Wildman–Crippen LogP) is 12.1. The van der Waals surface area contributed by atoms with Crippen molar-refractivity contribution in [2.45, 2.75) is 173 Å². The fourth-order valence-electron chi connectivity index (χ4n) is 12.2. The van der Waals surface area contributed by atoms with E-state index in [1.54, 1.807) is 25.5 Å². The standard InChI is InChI=1S/C45H80GeSi6/c1-32(2)35-26-25-27-36(33(3)4)41(35)46(39-28-23-24-29-40(39)46)42-37(44(49(11,12)13)50(14,15)16)30-34(43(47(5,6)7)48(8,9)10)31-38(42)45(51(17,18)19)52(20,21)22/h23-33,43-45H,1-22H3. The van der Waals surface area contributed by atoms with E-state index in [1.165, 1.54) is 0 Å². The first-order chi connectivity index (χ1) is 23.3. The molecule has 4 rings (SSSR count). The van der Waals surface area contributed by atoms with Crippen molar-refractivity contribution in [1.29, 1.82) is 0 Å². The van der Waals surface area contributed by atoms with Crippen LogP contribution >= 0.6 is 0 Å². The third kappa shape index (κ3) is 8.29. The quantitative estimate of drug-likeness (QED) is 0.118. The van der Waals surface area contributed by atoms with Crippen molar-refractivity contribution < 1.29 is 0 Å². The van der Waals surface area contributed by atoms with Crippen molar-refractivity contribution in [1.82, 2.24) is 0 Å². The topological polar surface area (TPSA) is 0 Å². The summed E-state index contributed by atoms with van der Waals surface area (Å²) in [5, 5.41) is 2.14. The van der Waals surface area contributed by atoms with Gasteiger partial charge in [0.05, 0.1) is 0 Å². The van der Waals surface area contributed by atoms with Gasteiger partial charge in [-0.25, -0.2) is 0 Å². The third-order valence-corrected chi connectivity index (χ3v) is 50.3. The summed E-state index contributed by atoms with van der Waals surface area (Å²) in [5.41, 5.74) is 8.79. The Morgan fingerprint density at radius 2 is 0.654 bits per heavy atom. The van der Waals surface area contributed by atoms with Crippen LogP contribution in [-0.4, -0.2) is 61.7 Å². The number of benzene rings is 3. The molecular weight excluding hydrogens is 782 g/mol. The van der Waals surface area contributed by atoms with E-state index >= 15 is 0 Å². The van der Waals surface area contributed by atoms with Gasteiger partial charge < -0.3 is 0 Å². The first-order valence-corrected chi connectivity index (χ1v) is 46.4. The summed E-state index contributed by atoms with van der Waals surface area (Å²) in [5.74, 6) is 0.994. The molecule has 3 aromatic rings. The van der Waals surface area contributed by atoms with Crippen LogP contribution in [0.1, 0.15) is 82.8 Å². The summed E-state index contributed by atoms with van der Waals surface area (Å²) >= 11 is -3.34. The summed E-state index contributed by atoms with van der Waals surface area (Å²) in [6.07, 6.45) is 0. The van der Waals surface area contributed by atoms with Crippen molar-refractivity contribution in [3.63, 3.8) is 0 Å². The molecule has 0 amide bonds. The molecule has 0 aromatic heterocycles. The second-order valence-electron chi connectivity index (χ2n) is 24.0. The first-order valence-electron chi connectivity index (χ1n) is 20.7. The molecule has 0 nitrogen and oxygen atoms in total. The molecule has 0 saturated heterocycles. The van der Waals surface area contributed by atoms with E-state index in [0.29, 0.717) is 22.2 Å². The van der Waals surface area contributed by atoms with Crippen LogP contribution in [0.4, 0.5) is 0 Å². The zero-order chi connectivity index (χ0) is 39.9. The van der Waals surface area contributed by atoms with Crippen molar-refractivity contribution in [3.8, 4) is 0 Å². The Morgan fingerprint density at radius 3 is 0.923 bits per heavy atom. The first kappa shape index (κ1) is 44.2. The summed E-state index contributed by atoms with van der Waals surface area (Å²) in [7, 11) is -9.85. The molecule has 0 bridgehead atoms. The van der Waals surface area contributed by atoms with Gasteiger partial charge in [0.1, 0.15) is 0 Å². The van der Waals surface area contributed by atoms with Crippen LogP contribution in [0.15, 0.2) is 54.6 Å². The van der Waals surface area contributed by atoms with Gasteiger partial charge in [0.2, 0.25) is 0 Å². The molecule has 1 heterocycles. The fraction of sp³-hybridized carbons (Fsp3) is 0.600. The van der Waals surface area contributed by atoms with E-state index in [9.17, 15) is 0 Å². The van der Waals surface area contributed by atoms with Crippen LogP contribution in [0.25, 0.3) is 0 Å². The van der Waals surface area contributed by atoms with Crippen molar-refractivity contribution in [2.75, 3.05) is 0 Å². The van der Waals surface area contributed by atoms with Gasteiger partial charge in [-0.15, -0.1) is 0 Å². The Kier molecular flexibility index (Phi) is 12.3. The molecule has 0 unspecified atom stereocenters. The molecular formula is C45H80GeSi6. The average molecular weight is 862 g/mol. The minimum atomic E-state index is -3.34. The molecule has 0 atom stereocenters. The normalized spacial score (nSPS) is 15.8. The SMILES string of the molecule is CC(C)c1cccc(C(C)C)[c]1[Ge]1([c]2c(C([Si](C)(C)C)[Si](C)(C)C)cc(C([Si](C)(C)C)[Si](C)(C)C)cc2C([Si](C)(C)C)[Si](C)(C)C)[c]2cccc[c]21. The van der Waals surface area contributed by atoms with Crippen molar-refractivity contribution in [2.24, 2.45) is 0 Å². The van der Waals surface area contributed by atoms with Crippen molar-refractivity contribution in [3.05, 3.63) is 82.4 Å². The molecule has 52 heavy (non-hydrogen) atoms. The minimum absolute atomic E-state index is 0.497. The van der Waals surface area contributed by atoms with E-state index < -0.39 is 61.7 Å². The van der Waals surface area contributed by atoms with Gasteiger partial charge >= 0.3 is 335 Å². The Labute approximate surface area is 332 Å². The Bertz CT molecular complexity index is 1620. The van der Waals surface area contributed by atoms with E-state index in [1.807, 2.05) is 19.9 Å². The van der Waals surface area contributed by atoms with Crippen LogP contribution in [-0.2, 0) is 0 Å². The van der Waals surface area contributed by atoms with E-state index in [4.69, 9.17) is 0 Å². The van der Waals surface area contributed by atoms with Gasteiger partial charge in [-0.1, -0.05) is 0 Å². The molecule has 7 heteroatoms. The summed E-state index contributed by atoms with van der Waals surface area (Å²) in [4.78, 5) is 0. The molecule has 3 aromatic carbocycles. The molecule has 0 aliphatic carbocycles. The summed E-state index contributed by atoms with van der Waals surface area (Å²) < 4.78 is 7.32. The molecule has 0 spiro atoms.